The number of anilines is 2. The number of benzene rings is 3. The molecule has 10 heteroatoms. The van der Waals surface area contributed by atoms with Crippen LogP contribution in [0.2, 0.25) is 0 Å². The third kappa shape index (κ3) is 5.83. The molecule has 3 aromatic carbocycles. The number of carbonyl (C=O) groups is 2. The molecule has 0 aliphatic carbocycles. The van der Waals surface area contributed by atoms with Gasteiger partial charge in [-0.05, 0) is 43.8 Å². The Morgan fingerprint density at radius 2 is 1.71 bits per heavy atom. The first kappa shape index (κ1) is 28.0. The molecule has 5 rings (SSSR count). The summed E-state index contributed by atoms with van der Waals surface area (Å²) in [7, 11) is 1.96. The molecule has 0 spiro atoms. The molecule has 0 fully saturated rings. The molecule has 0 radical (unpaired) electrons. The number of imidazole rings is 1. The smallest absolute Gasteiger partial charge is 0.320 e. The number of nitrogen functional groups attached to an aromatic ring is 1. The van der Waals surface area contributed by atoms with Gasteiger partial charge in [0.25, 0.3) is 0 Å². The highest BCUT2D eigenvalue weighted by Crippen LogP contribution is 2.36. The number of hydrogen-bond acceptors (Lipinski definition) is 6. The van der Waals surface area contributed by atoms with Crippen LogP contribution in [0, 0.1) is 17.6 Å². The van der Waals surface area contributed by atoms with E-state index in [1.54, 1.807) is 23.6 Å². The zero-order valence-electron chi connectivity index (χ0n) is 22.9. The van der Waals surface area contributed by atoms with Crippen LogP contribution in [-0.2, 0) is 40.5 Å². The Bertz CT molecular complexity index is 1540. The highest BCUT2D eigenvalue weighted by atomic mass is 19.1. The Balaban J connectivity index is 1.63. The minimum Gasteiger partial charge on any atom is -0.465 e. The SMILES string of the molecule is CCOC(=O)C1Cn2c(nc(-c3ccc(N)cc3)c2CN(C)Cc2ccccc2)N(Cc2c(F)cccc2F)C1=O. The maximum Gasteiger partial charge on any atom is 0.320 e. The summed E-state index contributed by atoms with van der Waals surface area (Å²) in [6.07, 6.45) is 0. The normalized spacial score (nSPS) is 14.8. The third-order valence-corrected chi connectivity index (χ3v) is 7.07. The molecule has 1 aromatic heterocycles. The molecule has 2 N–H and O–H groups in total. The Morgan fingerprint density at radius 1 is 1.02 bits per heavy atom. The second-order valence-corrected chi connectivity index (χ2v) is 10.0. The van der Waals surface area contributed by atoms with Crippen LogP contribution in [0.4, 0.5) is 20.4 Å². The highest BCUT2D eigenvalue weighted by Gasteiger charge is 2.42. The number of carbonyl (C=O) groups excluding carboxylic acids is 2. The van der Waals surface area contributed by atoms with Crippen molar-refractivity contribution in [2.75, 3.05) is 24.3 Å². The predicted octanol–water partition coefficient (Wildman–Crippen LogP) is 4.77. The number of nitrogens with zero attached hydrogens (tertiary/aromatic N) is 4. The van der Waals surface area contributed by atoms with Crippen molar-refractivity contribution in [3.63, 3.8) is 0 Å². The lowest BCUT2D eigenvalue weighted by molar-refractivity contribution is -0.152. The van der Waals surface area contributed by atoms with E-state index in [1.165, 1.54) is 11.0 Å². The number of esters is 1. The maximum atomic E-state index is 14.7. The van der Waals surface area contributed by atoms with E-state index < -0.39 is 36.0 Å². The number of fused-ring (bicyclic) bond motifs is 1. The molecule has 1 aliphatic heterocycles. The van der Waals surface area contributed by atoms with Crippen molar-refractivity contribution in [1.29, 1.82) is 0 Å². The first-order valence-electron chi connectivity index (χ1n) is 13.4. The van der Waals surface area contributed by atoms with Gasteiger partial charge in [-0.3, -0.25) is 19.4 Å². The van der Waals surface area contributed by atoms with Crippen LogP contribution in [0.5, 0.6) is 0 Å². The zero-order valence-corrected chi connectivity index (χ0v) is 22.9. The Hall–Kier alpha value is -4.57. The largest absolute Gasteiger partial charge is 0.465 e. The fourth-order valence-corrected chi connectivity index (χ4v) is 5.07. The summed E-state index contributed by atoms with van der Waals surface area (Å²) < 4.78 is 36.5. The van der Waals surface area contributed by atoms with E-state index in [4.69, 9.17) is 15.5 Å². The lowest BCUT2D eigenvalue weighted by Gasteiger charge is -2.32. The molecule has 0 saturated carbocycles. The molecular weight excluding hydrogens is 528 g/mol. The van der Waals surface area contributed by atoms with Crippen LogP contribution in [0.3, 0.4) is 0 Å². The number of amides is 1. The molecule has 0 bridgehead atoms. The van der Waals surface area contributed by atoms with Crippen LogP contribution in [0.25, 0.3) is 11.3 Å². The van der Waals surface area contributed by atoms with Crippen LogP contribution >= 0.6 is 0 Å². The fraction of sp³-hybridized carbons (Fsp3) is 0.258. The standard InChI is InChI=1S/C31H31F2N5O3/c1-3-41-30(40)24-18-37-27(19-36(2)16-20-8-5-4-6-9-20)28(21-12-14-22(34)15-13-21)35-31(37)38(29(24)39)17-23-25(32)10-7-11-26(23)33/h4-15,24H,3,16-19,34H2,1-2H3. The van der Waals surface area contributed by atoms with E-state index in [1.807, 2.05) is 49.5 Å². The molecule has 1 unspecified atom stereocenters. The van der Waals surface area contributed by atoms with E-state index in [2.05, 4.69) is 4.90 Å². The summed E-state index contributed by atoms with van der Waals surface area (Å²) in [5, 5.41) is 0. The number of nitrogens with two attached hydrogens (primary N) is 1. The Labute approximate surface area is 237 Å². The molecule has 41 heavy (non-hydrogen) atoms. The van der Waals surface area contributed by atoms with Crippen LogP contribution in [0.15, 0.2) is 72.8 Å². The van der Waals surface area contributed by atoms with Gasteiger partial charge >= 0.3 is 5.97 Å². The minimum atomic E-state index is -1.20. The summed E-state index contributed by atoms with van der Waals surface area (Å²) in [5.41, 5.74) is 9.40. The number of ether oxygens (including phenoxy) is 1. The summed E-state index contributed by atoms with van der Waals surface area (Å²) in [4.78, 5) is 34.8. The fourth-order valence-electron chi connectivity index (χ4n) is 5.07. The van der Waals surface area contributed by atoms with Crippen molar-refractivity contribution in [2.24, 2.45) is 5.92 Å². The average Bonchev–Trinajstić information content (AvgIpc) is 3.30. The summed E-state index contributed by atoms with van der Waals surface area (Å²) in [6, 6.07) is 20.6. The van der Waals surface area contributed by atoms with E-state index in [9.17, 15) is 18.4 Å². The lowest BCUT2D eigenvalue weighted by Crippen LogP contribution is -2.47. The van der Waals surface area contributed by atoms with Crippen molar-refractivity contribution in [2.45, 2.75) is 33.1 Å². The molecular formula is C31H31F2N5O3. The van der Waals surface area contributed by atoms with Gasteiger partial charge in [-0.15, -0.1) is 0 Å². The molecule has 8 nitrogen and oxygen atoms in total. The van der Waals surface area contributed by atoms with Gasteiger partial charge < -0.3 is 15.0 Å². The monoisotopic (exact) mass is 559 g/mol. The van der Waals surface area contributed by atoms with Crippen LogP contribution < -0.4 is 10.6 Å². The van der Waals surface area contributed by atoms with Crippen molar-refractivity contribution >= 4 is 23.5 Å². The highest BCUT2D eigenvalue weighted by molar-refractivity contribution is 6.06. The van der Waals surface area contributed by atoms with Gasteiger partial charge in [0.15, 0.2) is 5.92 Å². The van der Waals surface area contributed by atoms with Gasteiger partial charge in [-0.2, -0.15) is 0 Å². The summed E-state index contributed by atoms with van der Waals surface area (Å²) in [5.74, 6) is -3.92. The minimum absolute atomic E-state index is 0.0142. The lowest BCUT2D eigenvalue weighted by atomic mass is 10.0. The summed E-state index contributed by atoms with van der Waals surface area (Å²) in [6.45, 7) is 2.33. The van der Waals surface area contributed by atoms with Gasteiger partial charge in [0, 0.05) is 36.4 Å². The topological polar surface area (TPSA) is 93.7 Å². The Morgan fingerprint density at radius 3 is 2.37 bits per heavy atom. The van der Waals surface area contributed by atoms with E-state index in [0.717, 1.165) is 29.0 Å². The van der Waals surface area contributed by atoms with Gasteiger partial charge in [-0.1, -0.05) is 48.5 Å². The molecule has 2 heterocycles. The molecule has 4 aromatic rings. The molecule has 1 atom stereocenters. The second-order valence-electron chi connectivity index (χ2n) is 10.0. The van der Waals surface area contributed by atoms with Gasteiger partial charge in [0.1, 0.15) is 11.6 Å². The summed E-state index contributed by atoms with van der Waals surface area (Å²) >= 11 is 0. The average molecular weight is 560 g/mol. The third-order valence-electron chi connectivity index (χ3n) is 7.07. The Kier molecular flexibility index (Phi) is 8.11. The van der Waals surface area contributed by atoms with Crippen LogP contribution in [0.1, 0.15) is 23.7 Å². The molecule has 0 saturated heterocycles. The zero-order chi connectivity index (χ0) is 29.1. The molecule has 1 amide bonds. The maximum absolute atomic E-state index is 14.7. The van der Waals surface area contributed by atoms with E-state index >= 15 is 0 Å². The number of hydrogen-bond donors (Lipinski definition) is 1. The predicted molar refractivity (Wildman–Crippen MR) is 151 cm³/mol. The first-order chi connectivity index (χ1) is 19.8. The first-order valence-corrected chi connectivity index (χ1v) is 13.4. The van der Waals surface area contributed by atoms with Gasteiger partial charge in [-0.25, -0.2) is 13.8 Å². The van der Waals surface area contributed by atoms with E-state index in [-0.39, 0.29) is 24.7 Å². The van der Waals surface area contributed by atoms with Gasteiger partial charge in [0.05, 0.1) is 24.5 Å². The van der Waals surface area contributed by atoms with Crippen molar-refractivity contribution in [3.8, 4) is 11.3 Å². The van der Waals surface area contributed by atoms with Crippen molar-refractivity contribution < 1.29 is 23.1 Å². The van der Waals surface area contributed by atoms with E-state index in [0.29, 0.717) is 24.5 Å². The van der Waals surface area contributed by atoms with Crippen molar-refractivity contribution in [1.82, 2.24) is 14.5 Å². The quantitative estimate of drug-likeness (QED) is 0.180. The second kappa shape index (κ2) is 11.9. The van der Waals surface area contributed by atoms with Crippen LogP contribution in [-0.4, -0.2) is 40.0 Å². The number of halogens is 2. The number of rotatable bonds is 9. The van der Waals surface area contributed by atoms with Gasteiger partial charge in [0.2, 0.25) is 11.9 Å². The molecule has 1 aliphatic rings. The van der Waals surface area contributed by atoms with Crippen molar-refractivity contribution in [3.05, 3.63) is 101 Å². The number of aromatic nitrogens is 2. The molecule has 212 valence electrons.